The lowest BCUT2D eigenvalue weighted by Gasteiger charge is -2.32. The number of nitrogens with one attached hydrogen (secondary N) is 2. The second kappa shape index (κ2) is 8.63. The van der Waals surface area contributed by atoms with Crippen LogP contribution in [0.4, 0.5) is 4.79 Å². The summed E-state index contributed by atoms with van der Waals surface area (Å²) in [6, 6.07) is 8.74. The number of nitrogens with zero attached hydrogens (tertiary/aromatic N) is 2. The van der Waals surface area contributed by atoms with E-state index >= 15 is 0 Å². The van der Waals surface area contributed by atoms with Crippen LogP contribution in [0.5, 0.6) is 0 Å². The summed E-state index contributed by atoms with van der Waals surface area (Å²) in [5.41, 5.74) is -0.248. The number of piperidine rings is 1. The molecule has 2 aliphatic heterocycles. The Balaban J connectivity index is 1.38. The molecule has 0 bridgehead atoms. The minimum Gasteiger partial charge on any atom is -0.349 e. The van der Waals surface area contributed by atoms with Crippen LogP contribution < -0.4 is 10.6 Å². The van der Waals surface area contributed by atoms with Crippen LogP contribution in [0.3, 0.4) is 0 Å². The van der Waals surface area contributed by atoms with Gasteiger partial charge in [-0.05, 0) is 45.2 Å². The molecule has 3 rings (SSSR count). The molecule has 0 unspecified atom stereocenters. The molecule has 156 valence electrons. The molecule has 1 aromatic carbocycles. The first kappa shape index (κ1) is 20.8. The fraction of sp³-hybridized carbons (Fsp3) is 0.524. The molecule has 0 atom stereocenters. The summed E-state index contributed by atoms with van der Waals surface area (Å²) in [6.45, 7) is 4.76. The fourth-order valence-corrected chi connectivity index (χ4v) is 3.70. The monoisotopic (exact) mass is 400 g/mol. The summed E-state index contributed by atoms with van der Waals surface area (Å²) in [6.07, 6.45) is 2.16. The minimum absolute atomic E-state index is 0.0177. The number of rotatable bonds is 6. The number of carbonyl (C=O) groups is 4. The van der Waals surface area contributed by atoms with E-state index in [0.717, 1.165) is 0 Å². The maximum atomic E-state index is 12.4. The topological polar surface area (TPSA) is 98.8 Å². The SMILES string of the molecule is CC1(C)NC(=O)N(CCCC(=O)N2CCC(NC(=O)c3ccccc3)CC2)C1=O. The van der Waals surface area contributed by atoms with Gasteiger partial charge in [0, 0.05) is 37.7 Å². The van der Waals surface area contributed by atoms with Crippen LogP contribution >= 0.6 is 0 Å². The lowest BCUT2D eigenvalue weighted by molar-refractivity contribution is -0.133. The average Bonchev–Trinajstić information content (AvgIpc) is 2.90. The van der Waals surface area contributed by atoms with Gasteiger partial charge in [-0.25, -0.2) is 4.79 Å². The number of hydrogen-bond acceptors (Lipinski definition) is 4. The fourth-order valence-electron chi connectivity index (χ4n) is 3.70. The Morgan fingerprint density at radius 1 is 1.14 bits per heavy atom. The van der Waals surface area contributed by atoms with Gasteiger partial charge in [0.1, 0.15) is 5.54 Å². The van der Waals surface area contributed by atoms with Gasteiger partial charge >= 0.3 is 6.03 Å². The summed E-state index contributed by atoms with van der Waals surface area (Å²) in [4.78, 5) is 51.7. The molecule has 2 fully saturated rings. The van der Waals surface area contributed by atoms with Crippen molar-refractivity contribution in [3.8, 4) is 0 Å². The van der Waals surface area contributed by atoms with E-state index in [4.69, 9.17) is 0 Å². The molecule has 8 heteroatoms. The predicted molar refractivity (Wildman–Crippen MR) is 107 cm³/mol. The number of urea groups is 1. The van der Waals surface area contributed by atoms with Crippen molar-refractivity contribution in [2.75, 3.05) is 19.6 Å². The zero-order valence-corrected chi connectivity index (χ0v) is 16.9. The number of carbonyl (C=O) groups excluding carboxylic acids is 4. The molecular formula is C21H28N4O4. The summed E-state index contributed by atoms with van der Waals surface area (Å²) < 4.78 is 0. The molecule has 0 saturated carbocycles. The van der Waals surface area contributed by atoms with Gasteiger partial charge in [0.05, 0.1) is 0 Å². The molecule has 2 aliphatic rings. The minimum atomic E-state index is -0.882. The van der Waals surface area contributed by atoms with Gasteiger partial charge in [-0.1, -0.05) is 18.2 Å². The normalized spacial score (nSPS) is 19.2. The van der Waals surface area contributed by atoms with E-state index in [1.807, 2.05) is 18.2 Å². The van der Waals surface area contributed by atoms with Crippen LogP contribution in [0.1, 0.15) is 49.9 Å². The Kier molecular flexibility index (Phi) is 6.20. The molecule has 0 spiro atoms. The summed E-state index contributed by atoms with van der Waals surface area (Å²) >= 11 is 0. The van der Waals surface area contributed by atoms with Crippen molar-refractivity contribution >= 4 is 23.8 Å². The first-order valence-corrected chi connectivity index (χ1v) is 10.1. The molecule has 8 nitrogen and oxygen atoms in total. The number of benzene rings is 1. The lowest BCUT2D eigenvalue weighted by atomic mass is 10.0. The molecular weight excluding hydrogens is 372 g/mol. The van der Waals surface area contributed by atoms with E-state index in [1.165, 1.54) is 4.90 Å². The van der Waals surface area contributed by atoms with E-state index < -0.39 is 11.6 Å². The summed E-state index contributed by atoms with van der Waals surface area (Å²) in [5.74, 6) is -0.332. The highest BCUT2D eigenvalue weighted by Gasteiger charge is 2.43. The van der Waals surface area contributed by atoms with Crippen LogP contribution in [-0.4, -0.2) is 64.8 Å². The van der Waals surface area contributed by atoms with E-state index in [-0.39, 0.29) is 30.3 Å². The van der Waals surface area contributed by atoms with Crippen molar-refractivity contribution in [1.82, 2.24) is 20.4 Å². The summed E-state index contributed by atoms with van der Waals surface area (Å²) in [5, 5.41) is 5.66. The van der Waals surface area contributed by atoms with Gasteiger partial charge < -0.3 is 15.5 Å². The molecule has 2 heterocycles. The molecule has 0 aromatic heterocycles. The highest BCUT2D eigenvalue weighted by Crippen LogP contribution is 2.18. The van der Waals surface area contributed by atoms with E-state index in [0.29, 0.717) is 44.3 Å². The quantitative estimate of drug-likeness (QED) is 0.707. The van der Waals surface area contributed by atoms with E-state index in [1.54, 1.807) is 30.9 Å². The number of amides is 5. The Morgan fingerprint density at radius 3 is 2.38 bits per heavy atom. The Bertz CT molecular complexity index is 785. The molecule has 1 aromatic rings. The summed E-state index contributed by atoms with van der Waals surface area (Å²) in [7, 11) is 0. The van der Waals surface area contributed by atoms with Crippen molar-refractivity contribution < 1.29 is 19.2 Å². The largest absolute Gasteiger partial charge is 0.349 e. The maximum Gasteiger partial charge on any atom is 0.325 e. The second-order valence-corrected chi connectivity index (χ2v) is 8.11. The number of imide groups is 1. The molecule has 2 N–H and O–H groups in total. The van der Waals surface area contributed by atoms with Crippen LogP contribution in [0.25, 0.3) is 0 Å². The average molecular weight is 400 g/mol. The highest BCUT2D eigenvalue weighted by molar-refractivity contribution is 6.06. The van der Waals surface area contributed by atoms with Crippen molar-refractivity contribution in [1.29, 1.82) is 0 Å². The van der Waals surface area contributed by atoms with E-state index in [9.17, 15) is 19.2 Å². The third-order valence-electron chi connectivity index (χ3n) is 5.44. The van der Waals surface area contributed by atoms with Gasteiger partial charge in [0.15, 0.2) is 0 Å². The Morgan fingerprint density at radius 2 is 1.79 bits per heavy atom. The number of likely N-dealkylation sites (tertiary alicyclic amines) is 1. The van der Waals surface area contributed by atoms with Crippen LogP contribution in [0.15, 0.2) is 30.3 Å². The zero-order valence-electron chi connectivity index (χ0n) is 16.9. The maximum absolute atomic E-state index is 12.4. The van der Waals surface area contributed by atoms with Gasteiger partial charge in [0.2, 0.25) is 5.91 Å². The van der Waals surface area contributed by atoms with Crippen LogP contribution in [0, 0.1) is 0 Å². The van der Waals surface area contributed by atoms with Gasteiger partial charge in [-0.2, -0.15) is 0 Å². The lowest BCUT2D eigenvalue weighted by Crippen LogP contribution is -2.46. The zero-order chi connectivity index (χ0) is 21.0. The molecule has 5 amide bonds. The molecule has 2 saturated heterocycles. The number of hydrogen-bond donors (Lipinski definition) is 2. The second-order valence-electron chi connectivity index (χ2n) is 8.11. The molecule has 29 heavy (non-hydrogen) atoms. The smallest absolute Gasteiger partial charge is 0.325 e. The highest BCUT2D eigenvalue weighted by atomic mass is 16.2. The Labute approximate surface area is 170 Å². The Hall–Kier alpha value is -2.90. The van der Waals surface area contributed by atoms with E-state index in [2.05, 4.69) is 10.6 Å². The van der Waals surface area contributed by atoms with Crippen molar-refractivity contribution in [2.24, 2.45) is 0 Å². The molecule has 0 aliphatic carbocycles. The van der Waals surface area contributed by atoms with Gasteiger partial charge in [0.25, 0.3) is 11.8 Å². The third kappa shape index (κ3) is 4.93. The van der Waals surface area contributed by atoms with Crippen molar-refractivity contribution in [2.45, 2.75) is 51.1 Å². The third-order valence-corrected chi connectivity index (χ3v) is 5.44. The first-order chi connectivity index (χ1) is 13.8. The van der Waals surface area contributed by atoms with Gasteiger partial charge in [-0.3, -0.25) is 19.3 Å². The van der Waals surface area contributed by atoms with Gasteiger partial charge in [-0.15, -0.1) is 0 Å². The van der Waals surface area contributed by atoms with Crippen molar-refractivity contribution in [3.63, 3.8) is 0 Å². The van der Waals surface area contributed by atoms with Crippen LogP contribution in [-0.2, 0) is 9.59 Å². The van der Waals surface area contributed by atoms with Crippen LogP contribution in [0.2, 0.25) is 0 Å². The predicted octanol–water partition coefficient (Wildman–Crippen LogP) is 1.52. The molecule has 0 radical (unpaired) electrons. The van der Waals surface area contributed by atoms with Crippen molar-refractivity contribution in [3.05, 3.63) is 35.9 Å². The first-order valence-electron chi connectivity index (χ1n) is 10.1. The standard InChI is InChI=1S/C21H28N4O4/c1-21(2)19(28)25(20(29)23-21)12-6-9-17(26)24-13-10-16(11-14-24)22-18(27)15-7-4-3-5-8-15/h3-5,7-8,16H,6,9-14H2,1-2H3,(H,22,27)(H,23,29).